The van der Waals surface area contributed by atoms with Crippen molar-refractivity contribution in [1.82, 2.24) is 19.1 Å². The molecule has 0 radical (unpaired) electrons. The van der Waals surface area contributed by atoms with Crippen LogP contribution in [0, 0.1) is 0 Å². The predicted molar refractivity (Wildman–Crippen MR) is 79.7 cm³/mol. The molecule has 4 aromatic heterocycles. The molecule has 0 unspecified atom stereocenters. The quantitative estimate of drug-likeness (QED) is 0.405. The van der Waals surface area contributed by atoms with Gasteiger partial charge in [-0.2, -0.15) is 0 Å². The van der Waals surface area contributed by atoms with Gasteiger partial charge in [-0.15, -0.1) is 0 Å². The molecule has 5 nitrogen and oxygen atoms in total. The lowest BCUT2D eigenvalue weighted by atomic mass is 10.2. The Bertz CT molecular complexity index is 1140. The minimum atomic E-state index is -2.29. The van der Waals surface area contributed by atoms with E-state index >= 15 is 0 Å². The molecule has 1 aliphatic heterocycles. The average Bonchev–Trinajstić information content (AvgIpc) is 3.15. The Labute approximate surface area is 125 Å². The number of aryl methyl sites for hydroxylation is 2. The number of hydrogen-bond acceptors (Lipinski definition) is 2. The van der Waals surface area contributed by atoms with Gasteiger partial charge in [0.2, 0.25) is 11.5 Å². The second-order valence-electron chi connectivity index (χ2n) is 5.35. The van der Waals surface area contributed by atoms with Gasteiger partial charge in [0, 0.05) is 12.4 Å². The van der Waals surface area contributed by atoms with Gasteiger partial charge < -0.3 is 0 Å². The highest BCUT2D eigenvalue weighted by molar-refractivity contribution is 6.03. The number of nitrogens with zero attached hydrogens (tertiary/aromatic N) is 5. The summed E-state index contributed by atoms with van der Waals surface area (Å²) in [6, 6.07) is 7.64. The van der Waals surface area contributed by atoms with Crippen LogP contribution in [0.1, 0.15) is 9.81 Å². The van der Waals surface area contributed by atoms with Crippen LogP contribution in [0.4, 0.5) is 0 Å². The lowest BCUT2D eigenvalue weighted by molar-refractivity contribution is -0.636. The van der Waals surface area contributed by atoms with E-state index in [0.29, 0.717) is 18.0 Å². The number of pyridine rings is 2. The maximum atomic E-state index is 8.08. The number of rotatable bonds is 0. The number of imidazole rings is 1. The molecule has 1 aliphatic rings. The van der Waals surface area contributed by atoms with Crippen molar-refractivity contribution in [3.8, 4) is 11.4 Å². The molecule has 0 bridgehead atoms. The molecule has 5 rings (SSSR count). The molecule has 0 amide bonds. The highest BCUT2D eigenvalue weighted by Gasteiger charge is 2.34. The van der Waals surface area contributed by atoms with Crippen molar-refractivity contribution in [2.75, 3.05) is 0 Å². The van der Waals surface area contributed by atoms with E-state index in [4.69, 9.17) is 4.11 Å². The lowest BCUT2D eigenvalue weighted by Crippen LogP contribution is -2.31. The van der Waals surface area contributed by atoms with Gasteiger partial charge in [0.05, 0.1) is 34.8 Å². The Morgan fingerprint density at radius 1 is 1.24 bits per heavy atom. The maximum Gasteiger partial charge on any atom is 0.270 e. The fourth-order valence-electron chi connectivity index (χ4n) is 3.41. The third kappa shape index (κ3) is 1.15. The molecule has 4 aromatic rings. The van der Waals surface area contributed by atoms with Gasteiger partial charge in [-0.05, 0) is 24.3 Å². The molecule has 0 saturated carbocycles. The Kier molecular flexibility index (Phi) is 1.42. The normalized spacial score (nSPS) is 15.8. The Hall–Kier alpha value is -2.69. The van der Waals surface area contributed by atoms with Gasteiger partial charge in [-0.25, -0.2) is 18.7 Å². The molecular formula is C16H14N5+. The summed E-state index contributed by atoms with van der Waals surface area (Å²) < 4.78 is 29.6. The van der Waals surface area contributed by atoms with Gasteiger partial charge in [0.15, 0.2) is 5.52 Å². The van der Waals surface area contributed by atoms with E-state index in [0.717, 1.165) is 27.8 Å². The maximum absolute atomic E-state index is 8.08. The zero-order chi connectivity index (χ0) is 16.6. The van der Waals surface area contributed by atoms with Crippen molar-refractivity contribution in [3.05, 3.63) is 42.4 Å². The molecule has 21 heavy (non-hydrogen) atoms. The summed E-state index contributed by atoms with van der Waals surface area (Å²) in [5.74, 6) is 0.685. The number of hydrogen-bond donors (Lipinski definition) is 0. The van der Waals surface area contributed by atoms with Crippen LogP contribution in [0.5, 0.6) is 0 Å². The van der Waals surface area contributed by atoms with Crippen LogP contribution in [0.2, 0.25) is 0 Å². The van der Waals surface area contributed by atoms with E-state index in [1.54, 1.807) is 12.4 Å². The fraction of sp³-hybridized carbons (Fsp3) is 0.188. The van der Waals surface area contributed by atoms with E-state index in [1.165, 1.54) is 4.57 Å². The number of fused-ring (bicyclic) bond motifs is 7. The molecule has 0 aliphatic carbocycles. The molecule has 5 heterocycles. The first-order valence-corrected chi connectivity index (χ1v) is 6.81. The van der Waals surface area contributed by atoms with E-state index in [-0.39, 0.29) is 0 Å². The standard InChI is InChI=1S/C16H14N5/c1-19-14-11(6-4-8-18-14)13-16(19)20(2)15-10-5-3-7-17-12(10)9-21(13)15/h3-8H,9H2,1-2H3/q+1/i2D3. The van der Waals surface area contributed by atoms with Crippen LogP contribution in [0.3, 0.4) is 0 Å². The predicted octanol–water partition coefficient (Wildman–Crippen LogP) is 1.78. The van der Waals surface area contributed by atoms with Gasteiger partial charge in [-0.3, -0.25) is 4.98 Å². The highest BCUT2D eigenvalue weighted by Crippen LogP contribution is 2.35. The van der Waals surface area contributed by atoms with E-state index in [2.05, 4.69) is 9.97 Å². The van der Waals surface area contributed by atoms with Crippen LogP contribution in [0.25, 0.3) is 33.6 Å². The zero-order valence-corrected chi connectivity index (χ0v) is 11.4. The van der Waals surface area contributed by atoms with Crippen LogP contribution in [-0.4, -0.2) is 19.1 Å². The summed E-state index contributed by atoms with van der Waals surface area (Å²) in [6.07, 6.45) is 3.47. The summed E-state index contributed by atoms with van der Waals surface area (Å²) in [5.41, 5.74) is 4.10. The molecule has 5 heteroatoms. The molecule has 0 spiro atoms. The minimum Gasteiger partial charge on any atom is -0.257 e. The van der Waals surface area contributed by atoms with Crippen molar-refractivity contribution >= 4 is 22.2 Å². The molecule has 102 valence electrons. The zero-order valence-electron chi connectivity index (χ0n) is 14.4. The highest BCUT2D eigenvalue weighted by atomic mass is 15.3. The van der Waals surface area contributed by atoms with E-state index < -0.39 is 6.98 Å². The molecule has 0 aromatic carbocycles. The first-order chi connectivity index (χ1) is 11.5. The van der Waals surface area contributed by atoms with Crippen LogP contribution in [0.15, 0.2) is 36.7 Å². The summed E-state index contributed by atoms with van der Waals surface area (Å²) in [5, 5.41) is 0.951. The summed E-state index contributed by atoms with van der Waals surface area (Å²) in [6.45, 7) is -1.72. The SMILES string of the molecule is [2H]C([2H])([2H])[n+]1c2n(c3c4cccnc4n(C)c31)Cc1ncccc1-2. The van der Waals surface area contributed by atoms with Crippen molar-refractivity contribution < 1.29 is 8.68 Å². The van der Waals surface area contributed by atoms with E-state index in [1.807, 2.05) is 40.4 Å². The molecule has 0 N–H and O–H groups in total. The second kappa shape index (κ2) is 3.49. The molecule has 0 fully saturated rings. The minimum absolute atomic E-state index is 0.569. The third-order valence-electron chi connectivity index (χ3n) is 4.28. The topological polar surface area (TPSA) is 39.5 Å². The lowest BCUT2D eigenvalue weighted by Gasteiger charge is -1.97. The number of aromatic nitrogens is 5. The Morgan fingerprint density at radius 2 is 2.10 bits per heavy atom. The molecular weight excluding hydrogens is 262 g/mol. The van der Waals surface area contributed by atoms with Crippen molar-refractivity contribution in [3.63, 3.8) is 0 Å². The second-order valence-corrected chi connectivity index (χ2v) is 5.35. The Balaban J connectivity index is 2.05. The van der Waals surface area contributed by atoms with E-state index in [9.17, 15) is 0 Å². The van der Waals surface area contributed by atoms with Crippen LogP contribution in [-0.2, 0) is 20.6 Å². The van der Waals surface area contributed by atoms with Gasteiger partial charge in [0.25, 0.3) is 5.65 Å². The third-order valence-corrected chi connectivity index (χ3v) is 4.28. The largest absolute Gasteiger partial charge is 0.270 e. The first kappa shape index (κ1) is 8.56. The fourth-order valence-corrected chi connectivity index (χ4v) is 3.41. The molecule has 0 saturated heterocycles. The van der Waals surface area contributed by atoms with Gasteiger partial charge in [-0.1, -0.05) is 0 Å². The molecule has 0 atom stereocenters. The first-order valence-electron chi connectivity index (χ1n) is 8.31. The van der Waals surface area contributed by atoms with Gasteiger partial charge in [0.1, 0.15) is 6.54 Å². The van der Waals surface area contributed by atoms with Crippen molar-refractivity contribution in [1.29, 1.82) is 0 Å². The average molecular weight is 279 g/mol. The monoisotopic (exact) mass is 279 g/mol. The smallest absolute Gasteiger partial charge is 0.257 e. The van der Waals surface area contributed by atoms with Crippen LogP contribution < -0.4 is 4.57 Å². The van der Waals surface area contributed by atoms with Gasteiger partial charge >= 0.3 is 0 Å². The van der Waals surface area contributed by atoms with Crippen molar-refractivity contribution in [2.24, 2.45) is 14.0 Å². The summed E-state index contributed by atoms with van der Waals surface area (Å²) in [4.78, 5) is 8.85. The van der Waals surface area contributed by atoms with Crippen LogP contribution >= 0.6 is 0 Å². The van der Waals surface area contributed by atoms with Crippen molar-refractivity contribution in [2.45, 2.75) is 6.54 Å². The summed E-state index contributed by atoms with van der Waals surface area (Å²) in [7, 11) is 1.86. The Morgan fingerprint density at radius 3 is 3.00 bits per heavy atom. The summed E-state index contributed by atoms with van der Waals surface area (Å²) >= 11 is 0.